The number of guanidine groups is 1. The molecule has 6 heteroatoms. The number of rotatable bonds is 7. The van der Waals surface area contributed by atoms with Crippen LogP contribution in [-0.4, -0.2) is 69.6 Å². The molecule has 0 aromatic heterocycles. The smallest absolute Gasteiger partial charge is 0.193 e. The van der Waals surface area contributed by atoms with Crippen molar-refractivity contribution < 1.29 is 14.2 Å². The van der Waals surface area contributed by atoms with E-state index >= 15 is 0 Å². The first-order valence-corrected chi connectivity index (χ1v) is 10.1. The van der Waals surface area contributed by atoms with Crippen molar-refractivity contribution in [1.29, 1.82) is 0 Å². The Morgan fingerprint density at radius 3 is 2.74 bits per heavy atom. The van der Waals surface area contributed by atoms with Crippen LogP contribution in [-0.2, 0) is 9.47 Å². The lowest BCUT2D eigenvalue weighted by Gasteiger charge is -2.37. The molecule has 1 N–H and O–H groups in total. The lowest BCUT2D eigenvalue weighted by atomic mass is 10.1. The summed E-state index contributed by atoms with van der Waals surface area (Å²) < 4.78 is 17.5. The molecule has 27 heavy (non-hydrogen) atoms. The lowest BCUT2D eigenvalue weighted by Crippen LogP contribution is -2.53. The van der Waals surface area contributed by atoms with Crippen LogP contribution in [0.4, 0.5) is 0 Å². The molecular weight excluding hydrogens is 342 g/mol. The molecule has 2 saturated heterocycles. The van der Waals surface area contributed by atoms with Crippen LogP contribution < -0.4 is 10.1 Å². The van der Waals surface area contributed by atoms with Crippen LogP contribution in [0.2, 0.25) is 0 Å². The number of ether oxygens (including phenoxy) is 3. The maximum atomic E-state index is 5.93. The van der Waals surface area contributed by atoms with Gasteiger partial charge in [-0.3, -0.25) is 4.99 Å². The van der Waals surface area contributed by atoms with E-state index in [1.807, 2.05) is 19.2 Å². The minimum absolute atomic E-state index is 0.155. The topological polar surface area (TPSA) is 55.3 Å². The van der Waals surface area contributed by atoms with Crippen molar-refractivity contribution in [2.45, 2.75) is 44.8 Å². The van der Waals surface area contributed by atoms with Gasteiger partial charge in [-0.05, 0) is 44.7 Å². The molecule has 2 aliphatic rings. The van der Waals surface area contributed by atoms with E-state index < -0.39 is 0 Å². The second-order valence-electron chi connectivity index (χ2n) is 7.25. The molecule has 2 heterocycles. The highest BCUT2D eigenvalue weighted by Gasteiger charge is 2.32. The molecule has 6 nitrogen and oxygen atoms in total. The summed E-state index contributed by atoms with van der Waals surface area (Å²) in [7, 11) is 1.85. The summed E-state index contributed by atoms with van der Waals surface area (Å²) in [6.07, 6.45) is 4.70. The van der Waals surface area contributed by atoms with Crippen LogP contribution in [0.3, 0.4) is 0 Å². The van der Waals surface area contributed by atoms with E-state index in [2.05, 4.69) is 34.3 Å². The highest BCUT2D eigenvalue weighted by atomic mass is 16.5. The molecule has 1 aromatic carbocycles. The van der Waals surface area contributed by atoms with Crippen molar-refractivity contribution in [3.05, 3.63) is 29.8 Å². The standard InChI is InChI=1S/C21H33N3O3/c1-17-7-9-18(10-8-17)25-13-4-3-11-23-21(22-2)24-12-15-27-20(16-24)19-6-5-14-26-19/h7-10,19-20H,3-6,11-16H2,1-2H3,(H,22,23). The fraction of sp³-hybridized carbons (Fsp3) is 0.667. The van der Waals surface area contributed by atoms with Crippen LogP contribution in [0.25, 0.3) is 0 Å². The Morgan fingerprint density at radius 1 is 1.19 bits per heavy atom. The molecule has 0 amide bonds. The van der Waals surface area contributed by atoms with E-state index in [1.165, 1.54) is 5.56 Å². The highest BCUT2D eigenvalue weighted by Crippen LogP contribution is 2.21. The number of benzene rings is 1. The maximum absolute atomic E-state index is 5.93. The van der Waals surface area contributed by atoms with Crippen molar-refractivity contribution in [2.24, 2.45) is 4.99 Å². The summed E-state index contributed by atoms with van der Waals surface area (Å²) in [6.45, 7) is 7.03. The number of hydrogen-bond acceptors (Lipinski definition) is 4. The second-order valence-corrected chi connectivity index (χ2v) is 7.25. The third kappa shape index (κ3) is 6.11. The van der Waals surface area contributed by atoms with Crippen molar-refractivity contribution in [3.8, 4) is 5.75 Å². The van der Waals surface area contributed by atoms with Gasteiger partial charge in [0.2, 0.25) is 0 Å². The number of morpholine rings is 1. The van der Waals surface area contributed by atoms with Gasteiger partial charge >= 0.3 is 0 Å². The third-order valence-electron chi connectivity index (χ3n) is 5.13. The predicted octanol–water partition coefficient (Wildman–Crippen LogP) is 2.61. The number of nitrogens with zero attached hydrogens (tertiary/aromatic N) is 2. The third-order valence-corrected chi connectivity index (χ3v) is 5.13. The van der Waals surface area contributed by atoms with Gasteiger partial charge in [0.1, 0.15) is 11.9 Å². The van der Waals surface area contributed by atoms with Gasteiger partial charge < -0.3 is 24.4 Å². The van der Waals surface area contributed by atoms with E-state index in [1.54, 1.807) is 0 Å². The minimum atomic E-state index is 0.155. The normalized spacial score (nSPS) is 23.5. The molecule has 0 radical (unpaired) electrons. The van der Waals surface area contributed by atoms with E-state index in [9.17, 15) is 0 Å². The Morgan fingerprint density at radius 2 is 2.00 bits per heavy atom. The van der Waals surface area contributed by atoms with Crippen molar-refractivity contribution in [1.82, 2.24) is 10.2 Å². The Hall–Kier alpha value is -1.79. The maximum Gasteiger partial charge on any atom is 0.193 e. The SMILES string of the molecule is CN=C(NCCCCOc1ccc(C)cc1)N1CCOC(C2CCCO2)C1. The first-order chi connectivity index (χ1) is 13.3. The van der Waals surface area contributed by atoms with Gasteiger partial charge in [-0.1, -0.05) is 17.7 Å². The minimum Gasteiger partial charge on any atom is -0.494 e. The van der Waals surface area contributed by atoms with E-state index in [0.717, 1.165) is 76.8 Å². The largest absolute Gasteiger partial charge is 0.494 e. The monoisotopic (exact) mass is 375 g/mol. The average Bonchev–Trinajstić information content (AvgIpc) is 3.24. The fourth-order valence-electron chi connectivity index (χ4n) is 3.57. The Balaban J connectivity index is 1.33. The van der Waals surface area contributed by atoms with Gasteiger partial charge in [0.25, 0.3) is 0 Å². The van der Waals surface area contributed by atoms with Crippen LogP contribution in [0.1, 0.15) is 31.2 Å². The molecule has 0 aliphatic carbocycles. The van der Waals surface area contributed by atoms with Gasteiger partial charge in [-0.2, -0.15) is 0 Å². The summed E-state index contributed by atoms with van der Waals surface area (Å²) in [5.41, 5.74) is 1.25. The number of unbranched alkanes of at least 4 members (excludes halogenated alkanes) is 1. The van der Waals surface area contributed by atoms with Crippen LogP contribution in [0.5, 0.6) is 5.75 Å². The molecule has 1 aromatic rings. The van der Waals surface area contributed by atoms with Crippen molar-refractivity contribution in [3.63, 3.8) is 0 Å². The summed E-state index contributed by atoms with van der Waals surface area (Å²) in [6, 6.07) is 8.21. The van der Waals surface area contributed by atoms with Gasteiger partial charge in [0.15, 0.2) is 5.96 Å². The molecule has 0 saturated carbocycles. The second kappa shape index (κ2) is 10.5. The van der Waals surface area contributed by atoms with Crippen molar-refractivity contribution >= 4 is 5.96 Å². The van der Waals surface area contributed by atoms with Crippen LogP contribution in [0, 0.1) is 6.92 Å². The summed E-state index contributed by atoms with van der Waals surface area (Å²) in [4.78, 5) is 6.74. The van der Waals surface area contributed by atoms with Gasteiger partial charge in [0.05, 0.1) is 19.3 Å². The number of nitrogens with one attached hydrogen (secondary N) is 1. The first-order valence-electron chi connectivity index (χ1n) is 10.1. The molecule has 2 atom stereocenters. The Bertz CT molecular complexity index is 585. The average molecular weight is 376 g/mol. The van der Waals surface area contributed by atoms with E-state index in [-0.39, 0.29) is 12.2 Å². The molecule has 0 bridgehead atoms. The number of hydrogen-bond donors (Lipinski definition) is 1. The molecule has 2 fully saturated rings. The molecule has 150 valence electrons. The van der Waals surface area contributed by atoms with E-state index in [0.29, 0.717) is 0 Å². The lowest BCUT2D eigenvalue weighted by molar-refractivity contribution is -0.0816. The fourth-order valence-corrected chi connectivity index (χ4v) is 3.57. The predicted molar refractivity (Wildman–Crippen MR) is 108 cm³/mol. The van der Waals surface area contributed by atoms with E-state index in [4.69, 9.17) is 14.2 Å². The zero-order valence-corrected chi connectivity index (χ0v) is 16.7. The number of aryl methyl sites for hydroxylation is 1. The highest BCUT2D eigenvalue weighted by molar-refractivity contribution is 5.80. The Labute approximate surface area is 162 Å². The van der Waals surface area contributed by atoms with Crippen LogP contribution in [0.15, 0.2) is 29.3 Å². The van der Waals surface area contributed by atoms with Gasteiger partial charge in [-0.15, -0.1) is 0 Å². The number of aliphatic imine (C=N–C) groups is 1. The molecule has 2 aliphatic heterocycles. The summed E-state index contributed by atoms with van der Waals surface area (Å²) in [5.74, 6) is 1.90. The zero-order valence-electron chi connectivity index (χ0n) is 16.7. The van der Waals surface area contributed by atoms with Crippen LogP contribution >= 0.6 is 0 Å². The molecular formula is C21H33N3O3. The first kappa shape index (κ1) is 20.0. The molecule has 3 rings (SSSR count). The Kier molecular flexibility index (Phi) is 7.78. The molecule has 0 spiro atoms. The quantitative estimate of drug-likeness (QED) is 0.451. The van der Waals surface area contributed by atoms with Gasteiger partial charge in [0, 0.05) is 33.3 Å². The molecule has 2 unspecified atom stereocenters. The summed E-state index contributed by atoms with van der Waals surface area (Å²) >= 11 is 0. The summed E-state index contributed by atoms with van der Waals surface area (Å²) in [5, 5.41) is 3.48. The van der Waals surface area contributed by atoms with Gasteiger partial charge in [-0.25, -0.2) is 0 Å². The zero-order chi connectivity index (χ0) is 18.9. The van der Waals surface area contributed by atoms with Crippen molar-refractivity contribution in [2.75, 3.05) is 46.5 Å².